The third-order valence-electron chi connectivity index (χ3n) is 5.47. The first kappa shape index (κ1) is 25.0. The van der Waals surface area contributed by atoms with E-state index >= 15 is 0 Å². The van der Waals surface area contributed by atoms with Crippen LogP contribution in [0.15, 0.2) is 40.1 Å². The van der Waals surface area contributed by atoms with Gasteiger partial charge in [0.05, 0.1) is 20.3 Å². The molecule has 1 aliphatic rings. The molecule has 12 nitrogen and oxygen atoms in total. The van der Waals surface area contributed by atoms with Gasteiger partial charge in [-0.15, -0.1) is 5.06 Å². The molecular formula is C20H26FN3O9. The summed E-state index contributed by atoms with van der Waals surface area (Å²) in [5, 5.41) is 53.7. The Morgan fingerprint density at radius 3 is 2.48 bits per heavy atom. The van der Waals surface area contributed by atoms with Gasteiger partial charge in [0.2, 0.25) is 5.72 Å². The number of aromatic nitrogens is 2. The quantitative estimate of drug-likeness (QED) is 0.194. The number of benzene rings is 1. The molecule has 13 heteroatoms. The van der Waals surface area contributed by atoms with Crippen LogP contribution in [-0.4, -0.2) is 78.1 Å². The van der Waals surface area contributed by atoms with Crippen LogP contribution >= 0.6 is 0 Å². The average Bonchev–Trinajstić information content (AvgIpc) is 2.98. The number of aliphatic hydroxyl groups is 4. The molecule has 1 saturated heterocycles. The number of nitrogens with one attached hydrogen (secondary N) is 1. The number of hydrogen-bond donors (Lipinski definition) is 6. The lowest BCUT2D eigenvalue weighted by Crippen LogP contribution is -2.68. The molecule has 1 fully saturated rings. The van der Waals surface area contributed by atoms with Crippen molar-refractivity contribution in [3.05, 3.63) is 62.4 Å². The predicted molar refractivity (Wildman–Crippen MR) is 109 cm³/mol. The molecule has 0 spiro atoms. The number of alkyl halides is 1. The van der Waals surface area contributed by atoms with Crippen molar-refractivity contribution in [2.75, 3.05) is 13.7 Å². The van der Waals surface area contributed by atoms with Gasteiger partial charge in [-0.3, -0.25) is 9.78 Å². The van der Waals surface area contributed by atoms with E-state index in [-0.39, 0.29) is 10.6 Å². The number of nitrogens with zero attached hydrogens (tertiary/aromatic N) is 2. The van der Waals surface area contributed by atoms with Crippen LogP contribution in [0.1, 0.15) is 18.1 Å². The van der Waals surface area contributed by atoms with Crippen molar-refractivity contribution in [3.63, 3.8) is 0 Å². The summed E-state index contributed by atoms with van der Waals surface area (Å²) in [4.78, 5) is 26.4. The molecule has 0 radical (unpaired) electrons. The number of aliphatic hydroxyl groups excluding tert-OH is 2. The largest absolute Gasteiger partial charge is 0.497 e. The van der Waals surface area contributed by atoms with E-state index in [1.807, 2.05) is 4.98 Å². The fourth-order valence-electron chi connectivity index (χ4n) is 3.71. The van der Waals surface area contributed by atoms with Crippen molar-refractivity contribution in [1.82, 2.24) is 14.6 Å². The van der Waals surface area contributed by atoms with Crippen molar-refractivity contribution in [2.24, 2.45) is 0 Å². The highest BCUT2D eigenvalue weighted by atomic mass is 19.1. The van der Waals surface area contributed by atoms with Crippen LogP contribution in [0.5, 0.6) is 5.75 Å². The molecule has 0 saturated carbocycles. The predicted octanol–water partition coefficient (Wildman–Crippen LogP) is -1.62. The first-order valence-electron chi connectivity index (χ1n) is 9.98. The Morgan fingerprint density at radius 1 is 1.30 bits per heavy atom. The molecular weight excluding hydrogens is 445 g/mol. The molecule has 0 amide bonds. The van der Waals surface area contributed by atoms with E-state index in [1.165, 1.54) is 26.2 Å². The minimum Gasteiger partial charge on any atom is -0.497 e. The van der Waals surface area contributed by atoms with Gasteiger partial charge < -0.3 is 35.1 Å². The second-order valence-electron chi connectivity index (χ2n) is 7.79. The summed E-state index contributed by atoms with van der Waals surface area (Å²) in [6.07, 6.45) is -4.94. The van der Waals surface area contributed by atoms with Gasteiger partial charge in [-0.2, -0.15) is 0 Å². The first-order chi connectivity index (χ1) is 15.5. The zero-order chi connectivity index (χ0) is 24.6. The van der Waals surface area contributed by atoms with Crippen molar-refractivity contribution < 1.29 is 39.5 Å². The maximum absolute atomic E-state index is 13.5. The average molecular weight is 471 g/mol. The van der Waals surface area contributed by atoms with Crippen LogP contribution < -0.4 is 16.0 Å². The van der Waals surface area contributed by atoms with Gasteiger partial charge >= 0.3 is 11.6 Å². The molecule has 0 aliphatic carbocycles. The second kappa shape index (κ2) is 9.30. The number of methoxy groups -OCH3 is 1. The normalized spacial score (nSPS) is 28.3. The van der Waals surface area contributed by atoms with E-state index < -0.39 is 60.8 Å². The lowest BCUT2D eigenvalue weighted by atomic mass is 10.00. The summed E-state index contributed by atoms with van der Waals surface area (Å²) in [6.45, 7) is -0.218. The van der Waals surface area contributed by atoms with Crippen molar-refractivity contribution in [3.8, 4) is 5.75 Å². The number of H-pyrrole nitrogens is 1. The first-order valence-corrected chi connectivity index (χ1v) is 9.98. The zero-order valence-electron chi connectivity index (χ0n) is 17.9. The lowest BCUT2D eigenvalue weighted by Gasteiger charge is -2.42. The van der Waals surface area contributed by atoms with Gasteiger partial charge in [-0.1, -0.05) is 12.1 Å². The molecule has 182 valence electrons. The van der Waals surface area contributed by atoms with Crippen LogP contribution in [0.25, 0.3) is 0 Å². The Labute approximate surface area is 186 Å². The van der Waals surface area contributed by atoms with Gasteiger partial charge in [0.1, 0.15) is 24.1 Å². The Kier molecular flexibility index (Phi) is 7.04. The number of halogens is 1. The van der Waals surface area contributed by atoms with Crippen molar-refractivity contribution in [2.45, 2.75) is 49.9 Å². The molecule has 33 heavy (non-hydrogen) atoms. The number of hydrogen-bond acceptors (Lipinski definition) is 10. The number of ether oxygens (including phenoxy) is 2. The Hall–Kier alpha value is -2.65. The van der Waals surface area contributed by atoms with E-state index in [9.17, 15) is 39.6 Å². The summed E-state index contributed by atoms with van der Waals surface area (Å²) in [5.41, 5.74) is -5.19. The molecule has 1 aromatic heterocycles. The maximum atomic E-state index is 13.5. The summed E-state index contributed by atoms with van der Waals surface area (Å²) in [6, 6.07) is 6.19. The van der Waals surface area contributed by atoms with Gasteiger partial charge in [-0.25, -0.2) is 13.8 Å². The molecule has 3 rings (SSSR count). The summed E-state index contributed by atoms with van der Waals surface area (Å²) in [5.74, 6) is -2.69. The monoisotopic (exact) mass is 471 g/mol. The molecule has 6 N–H and O–H groups in total. The molecule has 1 aliphatic heterocycles. The highest BCUT2D eigenvalue weighted by Gasteiger charge is 2.70. The van der Waals surface area contributed by atoms with E-state index in [2.05, 4.69) is 0 Å². The standard InChI is InChI=1S/C20H26FN3O9/c1-11(21)7-13-9-23(18(28)22-17(13)27)20(30)19(29,16(26)15(10-25)33-20)24(31)8-12-3-5-14(32-2)6-4-12/h3-6,9,11,15-16,25-26,29-31H,7-8,10H2,1-2H3,(H,22,27,28)/t11?,15-,16-,19-,20-/m1/s1. The Balaban J connectivity index is 2.09. The van der Waals surface area contributed by atoms with Crippen LogP contribution in [0.3, 0.4) is 0 Å². The smallest absolute Gasteiger partial charge is 0.332 e. The van der Waals surface area contributed by atoms with Gasteiger partial charge in [0, 0.05) is 18.2 Å². The summed E-state index contributed by atoms with van der Waals surface area (Å²) < 4.78 is 24.1. The SMILES string of the molecule is COc1ccc(CN(O)[C@@]2(O)[C@H](O)[C@@H](CO)O[C@@]2(O)n2cc(CC(C)F)c(=O)[nH]c2=O)cc1. The minimum absolute atomic E-state index is 0.143. The van der Waals surface area contributed by atoms with E-state index in [4.69, 9.17) is 9.47 Å². The van der Waals surface area contributed by atoms with E-state index in [1.54, 1.807) is 12.1 Å². The topological polar surface area (TPSA) is 178 Å². The fourth-order valence-corrected chi connectivity index (χ4v) is 3.71. The Bertz CT molecular complexity index is 1090. The van der Waals surface area contributed by atoms with Gasteiger partial charge in [0.25, 0.3) is 5.56 Å². The molecule has 2 aromatic rings. The van der Waals surface area contributed by atoms with Crippen molar-refractivity contribution >= 4 is 0 Å². The second-order valence-corrected chi connectivity index (χ2v) is 7.79. The highest BCUT2D eigenvalue weighted by molar-refractivity contribution is 5.27. The van der Waals surface area contributed by atoms with E-state index in [0.29, 0.717) is 15.9 Å². The van der Waals surface area contributed by atoms with Crippen LogP contribution in [-0.2, 0) is 23.6 Å². The number of aromatic amines is 1. The summed E-state index contributed by atoms with van der Waals surface area (Å²) in [7, 11) is 1.46. The maximum Gasteiger partial charge on any atom is 0.332 e. The van der Waals surface area contributed by atoms with Crippen LogP contribution in [0, 0.1) is 0 Å². The van der Waals surface area contributed by atoms with E-state index in [0.717, 1.165) is 6.20 Å². The molecule has 5 atom stereocenters. The third-order valence-corrected chi connectivity index (χ3v) is 5.47. The van der Waals surface area contributed by atoms with Crippen molar-refractivity contribution in [1.29, 1.82) is 0 Å². The molecule has 1 aromatic carbocycles. The zero-order valence-corrected chi connectivity index (χ0v) is 17.9. The molecule has 2 heterocycles. The van der Waals surface area contributed by atoms with Crippen LogP contribution in [0.4, 0.5) is 4.39 Å². The fraction of sp³-hybridized carbons (Fsp3) is 0.500. The third kappa shape index (κ3) is 4.31. The number of rotatable bonds is 8. The minimum atomic E-state index is -3.20. The molecule has 1 unspecified atom stereocenters. The van der Waals surface area contributed by atoms with Gasteiger partial charge in [-0.05, 0) is 24.6 Å². The Morgan fingerprint density at radius 2 is 1.94 bits per heavy atom. The van der Waals surface area contributed by atoms with Gasteiger partial charge in [0.15, 0.2) is 0 Å². The lowest BCUT2D eigenvalue weighted by molar-refractivity contribution is -0.413. The number of hydroxylamine groups is 2. The highest BCUT2D eigenvalue weighted by Crippen LogP contribution is 2.43. The van der Waals surface area contributed by atoms with Crippen LogP contribution in [0.2, 0.25) is 0 Å². The molecule has 0 bridgehead atoms. The summed E-state index contributed by atoms with van der Waals surface area (Å²) >= 11 is 0.